The number of carbonyl (C=O) groups excluding carboxylic acids is 1. The summed E-state index contributed by atoms with van der Waals surface area (Å²) in [6, 6.07) is -0.934. The highest BCUT2D eigenvalue weighted by molar-refractivity contribution is 5.98. The highest BCUT2D eigenvalue weighted by Gasteiger charge is 2.39. The number of nitrogen functional groups attached to an aromatic ring is 1. The molecule has 1 aromatic rings. The predicted octanol–water partition coefficient (Wildman–Crippen LogP) is 0.137. The monoisotopic (exact) mass is 250 g/mol. The Bertz CT molecular complexity index is 487. The van der Waals surface area contributed by atoms with Crippen LogP contribution in [0.4, 0.5) is 5.82 Å². The Morgan fingerprint density at radius 3 is 2.56 bits per heavy atom. The van der Waals surface area contributed by atoms with E-state index in [0.717, 1.165) is 12.8 Å². The van der Waals surface area contributed by atoms with Crippen molar-refractivity contribution in [3.05, 3.63) is 18.1 Å². The van der Waals surface area contributed by atoms with Gasteiger partial charge in [-0.15, -0.1) is 0 Å². The van der Waals surface area contributed by atoms with Crippen molar-refractivity contribution in [3.63, 3.8) is 0 Å². The summed E-state index contributed by atoms with van der Waals surface area (Å²) >= 11 is 0. The second-order valence-corrected chi connectivity index (χ2v) is 4.25. The van der Waals surface area contributed by atoms with Crippen LogP contribution in [0.3, 0.4) is 0 Å². The number of carbonyl (C=O) groups is 2. The highest BCUT2D eigenvalue weighted by Crippen LogP contribution is 2.30. The van der Waals surface area contributed by atoms with E-state index in [1.165, 1.54) is 24.2 Å². The van der Waals surface area contributed by atoms with Crippen LogP contribution in [-0.2, 0) is 4.79 Å². The Morgan fingerprint density at radius 1 is 1.44 bits per heavy atom. The van der Waals surface area contributed by atoms with Crippen molar-refractivity contribution in [2.45, 2.75) is 31.8 Å². The van der Waals surface area contributed by atoms with Gasteiger partial charge < -0.3 is 15.7 Å². The summed E-state index contributed by atoms with van der Waals surface area (Å²) in [7, 11) is 0. The lowest BCUT2D eigenvalue weighted by atomic mass is 10.2. The Balaban J connectivity index is 2.29. The van der Waals surface area contributed by atoms with Crippen LogP contribution in [0.1, 0.15) is 30.3 Å². The molecule has 2 rings (SSSR count). The van der Waals surface area contributed by atoms with E-state index < -0.39 is 17.9 Å². The van der Waals surface area contributed by atoms with E-state index in [2.05, 4.69) is 9.97 Å². The first-order valence-corrected chi connectivity index (χ1v) is 5.64. The number of amides is 1. The van der Waals surface area contributed by atoms with Crippen molar-refractivity contribution in [2.24, 2.45) is 0 Å². The minimum Gasteiger partial charge on any atom is -0.480 e. The van der Waals surface area contributed by atoms with E-state index in [-0.39, 0.29) is 17.6 Å². The molecule has 0 spiro atoms. The third-order valence-corrected chi connectivity index (χ3v) is 2.88. The maximum Gasteiger partial charge on any atom is 0.326 e. The number of aromatic nitrogens is 2. The van der Waals surface area contributed by atoms with Gasteiger partial charge in [0.2, 0.25) is 0 Å². The van der Waals surface area contributed by atoms with Crippen LogP contribution in [0.15, 0.2) is 12.4 Å². The molecule has 0 aromatic carbocycles. The van der Waals surface area contributed by atoms with E-state index in [4.69, 9.17) is 10.8 Å². The molecule has 0 radical (unpaired) electrons. The van der Waals surface area contributed by atoms with Crippen molar-refractivity contribution in [2.75, 3.05) is 5.73 Å². The van der Waals surface area contributed by atoms with Gasteiger partial charge in [0.1, 0.15) is 6.04 Å². The van der Waals surface area contributed by atoms with Gasteiger partial charge in [0.15, 0.2) is 11.5 Å². The topological polar surface area (TPSA) is 109 Å². The van der Waals surface area contributed by atoms with Gasteiger partial charge in [-0.2, -0.15) is 0 Å². The lowest BCUT2D eigenvalue weighted by molar-refractivity contribution is -0.141. The standard InChI is InChI=1S/C11H14N4O3/c1-6(11(17)18)15(7-2-3-7)10(16)8-9(12)14-5-4-13-8/h4-7H,2-3H2,1H3,(H2,12,14)(H,17,18). The second kappa shape index (κ2) is 4.59. The number of carboxylic acids is 1. The first-order chi connectivity index (χ1) is 8.52. The Morgan fingerprint density at radius 2 is 2.06 bits per heavy atom. The zero-order valence-electron chi connectivity index (χ0n) is 9.91. The molecule has 1 unspecified atom stereocenters. The SMILES string of the molecule is CC(C(=O)O)N(C(=O)c1nccnc1N)C1CC1. The number of carboxylic acid groups (broad SMARTS) is 1. The number of aliphatic carboxylic acids is 1. The fourth-order valence-corrected chi connectivity index (χ4v) is 1.77. The molecule has 1 aliphatic rings. The summed E-state index contributed by atoms with van der Waals surface area (Å²) in [4.78, 5) is 32.3. The van der Waals surface area contributed by atoms with Crippen LogP contribution in [-0.4, -0.2) is 43.9 Å². The number of nitrogens with two attached hydrogens (primary N) is 1. The minimum absolute atomic E-state index is 0.0116. The minimum atomic E-state index is -1.04. The van der Waals surface area contributed by atoms with Crippen molar-refractivity contribution in [3.8, 4) is 0 Å². The molecule has 3 N–H and O–H groups in total. The predicted molar refractivity (Wildman–Crippen MR) is 62.7 cm³/mol. The average Bonchev–Trinajstić information content (AvgIpc) is 3.14. The smallest absolute Gasteiger partial charge is 0.326 e. The van der Waals surface area contributed by atoms with Gasteiger partial charge >= 0.3 is 5.97 Å². The van der Waals surface area contributed by atoms with Crippen LogP contribution < -0.4 is 5.73 Å². The van der Waals surface area contributed by atoms with Gasteiger partial charge in [-0.3, -0.25) is 4.79 Å². The molecule has 7 nitrogen and oxygen atoms in total. The maximum absolute atomic E-state index is 12.3. The Hall–Kier alpha value is -2.18. The molecule has 1 saturated carbocycles. The normalized spacial score (nSPS) is 16.1. The summed E-state index contributed by atoms with van der Waals surface area (Å²) in [6.45, 7) is 1.48. The molecule has 0 aliphatic heterocycles. The van der Waals surface area contributed by atoms with Crippen LogP contribution in [0.5, 0.6) is 0 Å². The lowest BCUT2D eigenvalue weighted by Gasteiger charge is -2.26. The highest BCUT2D eigenvalue weighted by atomic mass is 16.4. The average molecular weight is 250 g/mol. The molecule has 0 saturated heterocycles. The summed E-state index contributed by atoms with van der Waals surface area (Å²) < 4.78 is 0. The van der Waals surface area contributed by atoms with Crippen molar-refractivity contribution >= 4 is 17.7 Å². The van der Waals surface area contributed by atoms with Gasteiger partial charge in [0, 0.05) is 18.4 Å². The van der Waals surface area contributed by atoms with Crippen molar-refractivity contribution in [1.29, 1.82) is 0 Å². The fraction of sp³-hybridized carbons (Fsp3) is 0.455. The first-order valence-electron chi connectivity index (χ1n) is 5.64. The van der Waals surface area contributed by atoms with E-state index in [0.29, 0.717) is 0 Å². The zero-order valence-corrected chi connectivity index (χ0v) is 9.91. The van der Waals surface area contributed by atoms with Crippen LogP contribution in [0.25, 0.3) is 0 Å². The Kier molecular flexibility index (Phi) is 3.14. The molecule has 1 aromatic heterocycles. The molecule has 0 bridgehead atoms. The van der Waals surface area contributed by atoms with Crippen LogP contribution in [0, 0.1) is 0 Å². The molecule has 1 aliphatic carbocycles. The van der Waals surface area contributed by atoms with Crippen molar-refractivity contribution < 1.29 is 14.7 Å². The molecule has 18 heavy (non-hydrogen) atoms. The fourth-order valence-electron chi connectivity index (χ4n) is 1.77. The van der Waals surface area contributed by atoms with Crippen LogP contribution >= 0.6 is 0 Å². The van der Waals surface area contributed by atoms with E-state index in [1.807, 2.05) is 0 Å². The maximum atomic E-state index is 12.3. The molecule has 1 fully saturated rings. The van der Waals surface area contributed by atoms with Gasteiger partial charge in [0.05, 0.1) is 0 Å². The second-order valence-electron chi connectivity index (χ2n) is 4.25. The zero-order chi connectivity index (χ0) is 13.3. The summed E-state index contributed by atoms with van der Waals surface area (Å²) in [5, 5.41) is 9.03. The quantitative estimate of drug-likeness (QED) is 0.786. The van der Waals surface area contributed by atoms with Gasteiger partial charge in [-0.1, -0.05) is 0 Å². The van der Waals surface area contributed by atoms with Gasteiger partial charge in [-0.25, -0.2) is 14.8 Å². The van der Waals surface area contributed by atoms with Gasteiger partial charge in [-0.05, 0) is 19.8 Å². The molecule has 1 atom stereocenters. The molecule has 96 valence electrons. The summed E-state index contributed by atoms with van der Waals surface area (Å²) in [5.41, 5.74) is 5.60. The molecule has 1 heterocycles. The number of hydrogen-bond acceptors (Lipinski definition) is 5. The number of anilines is 1. The van der Waals surface area contributed by atoms with Crippen LogP contribution in [0.2, 0.25) is 0 Å². The number of rotatable bonds is 4. The van der Waals surface area contributed by atoms with Gasteiger partial charge in [0.25, 0.3) is 5.91 Å². The number of nitrogens with zero attached hydrogens (tertiary/aromatic N) is 3. The summed E-state index contributed by atoms with van der Waals surface area (Å²) in [5.74, 6) is -1.50. The molecular weight excluding hydrogens is 236 g/mol. The largest absolute Gasteiger partial charge is 0.480 e. The lowest BCUT2D eigenvalue weighted by Crippen LogP contribution is -2.45. The first kappa shape index (κ1) is 12.3. The molecule has 7 heteroatoms. The van der Waals surface area contributed by atoms with Crippen molar-refractivity contribution in [1.82, 2.24) is 14.9 Å². The third kappa shape index (κ3) is 2.24. The Labute approximate surface area is 104 Å². The van der Waals surface area contributed by atoms with E-state index in [9.17, 15) is 9.59 Å². The number of hydrogen-bond donors (Lipinski definition) is 2. The summed E-state index contributed by atoms with van der Waals surface area (Å²) in [6.07, 6.45) is 4.36. The third-order valence-electron chi connectivity index (χ3n) is 2.88. The molecule has 1 amide bonds. The van der Waals surface area contributed by atoms with E-state index in [1.54, 1.807) is 0 Å². The van der Waals surface area contributed by atoms with E-state index >= 15 is 0 Å². The molecular formula is C11H14N4O3.